The molecule has 0 fully saturated rings. The molecule has 0 aliphatic rings. The molecule has 0 aliphatic heterocycles. The summed E-state index contributed by atoms with van der Waals surface area (Å²) in [6.07, 6.45) is 3.06. The van der Waals surface area contributed by atoms with Gasteiger partial charge in [-0.25, -0.2) is 0 Å². The summed E-state index contributed by atoms with van der Waals surface area (Å²) in [6.45, 7) is 16.6. The average Bonchev–Trinajstić information content (AvgIpc) is 2.71. The molecule has 0 amide bonds. The third-order valence-electron chi connectivity index (χ3n) is 6.08. The van der Waals surface area contributed by atoms with Gasteiger partial charge in [-0.15, -0.1) is 0 Å². The van der Waals surface area contributed by atoms with Gasteiger partial charge in [0, 0.05) is 12.3 Å². The highest BCUT2D eigenvalue weighted by atomic mass is 28.4. The van der Waals surface area contributed by atoms with Crippen molar-refractivity contribution in [3.8, 4) is 5.75 Å². The molecule has 0 aliphatic carbocycles. The lowest BCUT2D eigenvalue weighted by Gasteiger charge is -2.36. The number of ether oxygens (including phenoxy) is 3. The van der Waals surface area contributed by atoms with E-state index in [-0.39, 0.29) is 23.0 Å². The fourth-order valence-corrected chi connectivity index (χ4v) is 3.92. The van der Waals surface area contributed by atoms with Crippen molar-refractivity contribution in [3.05, 3.63) is 41.5 Å². The van der Waals surface area contributed by atoms with Crippen molar-refractivity contribution in [2.75, 3.05) is 20.8 Å². The Kier molecular flexibility index (Phi) is 11.0. The van der Waals surface area contributed by atoms with E-state index in [4.69, 9.17) is 18.6 Å². The van der Waals surface area contributed by atoms with Gasteiger partial charge in [-0.2, -0.15) is 0 Å². The molecular formula is C25H42O5Si. The van der Waals surface area contributed by atoms with Crippen molar-refractivity contribution in [1.29, 1.82) is 0 Å². The van der Waals surface area contributed by atoms with Gasteiger partial charge in [-0.05, 0) is 49.2 Å². The summed E-state index contributed by atoms with van der Waals surface area (Å²) >= 11 is 0. The maximum atomic E-state index is 11.7. The number of esters is 1. The van der Waals surface area contributed by atoms with Crippen LogP contribution in [0.4, 0.5) is 0 Å². The van der Waals surface area contributed by atoms with Crippen molar-refractivity contribution in [2.24, 2.45) is 5.92 Å². The highest BCUT2D eigenvalue weighted by Gasteiger charge is 2.37. The molecule has 2 atom stereocenters. The maximum Gasteiger partial charge on any atom is 0.305 e. The Morgan fingerprint density at radius 3 is 2.26 bits per heavy atom. The molecule has 176 valence electrons. The van der Waals surface area contributed by atoms with E-state index in [0.717, 1.165) is 11.3 Å². The Bertz CT molecular complexity index is 704. The molecule has 1 rings (SSSR count). The van der Waals surface area contributed by atoms with Crippen LogP contribution in [0.15, 0.2) is 35.9 Å². The van der Waals surface area contributed by atoms with Crippen LogP contribution in [0.25, 0.3) is 0 Å². The quantitative estimate of drug-likeness (QED) is 0.217. The van der Waals surface area contributed by atoms with E-state index in [1.165, 1.54) is 12.7 Å². The molecule has 0 radical (unpaired) electrons. The van der Waals surface area contributed by atoms with E-state index in [1.54, 1.807) is 7.11 Å². The second kappa shape index (κ2) is 12.4. The summed E-state index contributed by atoms with van der Waals surface area (Å²) in [5.74, 6) is 0.748. The first-order chi connectivity index (χ1) is 14.4. The Labute approximate surface area is 190 Å². The monoisotopic (exact) mass is 450 g/mol. The zero-order chi connectivity index (χ0) is 23.7. The van der Waals surface area contributed by atoms with Gasteiger partial charge in [0.1, 0.15) is 5.75 Å². The molecule has 0 aromatic heterocycles. The number of carbonyl (C=O) groups excluding carboxylic acids is 1. The molecular weight excluding hydrogens is 408 g/mol. The first-order valence-corrected chi connectivity index (χ1v) is 13.9. The molecule has 1 aromatic rings. The van der Waals surface area contributed by atoms with Gasteiger partial charge in [-0.3, -0.25) is 4.79 Å². The summed E-state index contributed by atoms with van der Waals surface area (Å²) < 4.78 is 22.6. The predicted molar refractivity (Wildman–Crippen MR) is 129 cm³/mol. The molecule has 0 saturated heterocycles. The molecule has 0 saturated carbocycles. The largest absolute Gasteiger partial charge is 0.497 e. The van der Waals surface area contributed by atoms with E-state index in [1.807, 2.05) is 24.3 Å². The average molecular weight is 451 g/mol. The number of carbonyl (C=O) groups is 1. The standard InChI is InChI=1S/C25H42O5Si/c1-19(17-30-31(8,9)25(3,4)5)16-20(2)23(14-15-24(26)28-7)29-18-21-10-12-22(27-6)13-11-21/h10-13,16,20,23H,14-15,17-18H2,1-9H3/b19-16+/t20-,23+/m1/s1. The first-order valence-electron chi connectivity index (χ1n) is 11.0. The smallest absolute Gasteiger partial charge is 0.305 e. The molecule has 5 nitrogen and oxygen atoms in total. The van der Waals surface area contributed by atoms with Crippen LogP contribution in [-0.4, -0.2) is 41.2 Å². The summed E-state index contributed by atoms with van der Waals surface area (Å²) in [7, 11) is 1.28. The summed E-state index contributed by atoms with van der Waals surface area (Å²) in [5.41, 5.74) is 2.26. The van der Waals surface area contributed by atoms with Gasteiger partial charge in [0.2, 0.25) is 0 Å². The Hall–Kier alpha value is -1.63. The van der Waals surface area contributed by atoms with Crippen LogP contribution in [-0.2, 0) is 25.3 Å². The topological polar surface area (TPSA) is 54.0 Å². The third kappa shape index (κ3) is 9.58. The van der Waals surface area contributed by atoms with E-state index >= 15 is 0 Å². The SMILES string of the molecule is COC(=O)CC[C@H](OCc1ccc(OC)cc1)[C@H](C)/C=C(\C)CO[Si](C)(C)C(C)(C)C. The first kappa shape index (κ1) is 27.4. The predicted octanol–water partition coefficient (Wildman–Crippen LogP) is 6.14. The minimum Gasteiger partial charge on any atom is -0.497 e. The van der Waals surface area contributed by atoms with Crippen LogP contribution < -0.4 is 4.74 Å². The van der Waals surface area contributed by atoms with E-state index in [0.29, 0.717) is 26.1 Å². The molecule has 31 heavy (non-hydrogen) atoms. The number of methoxy groups -OCH3 is 2. The van der Waals surface area contributed by atoms with Gasteiger partial charge in [0.05, 0.1) is 33.5 Å². The van der Waals surface area contributed by atoms with Crippen molar-refractivity contribution in [2.45, 2.75) is 78.3 Å². The Morgan fingerprint density at radius 2 is 1.74 bits per heavy atom. The molecule has 0 N–H and O–H groups in total. The van der Waals surface area contributed by atoms with Gasteiger partial charge in [-0.1, -0.05) is 51.5 Å². The van der Waals surface area contributed by atoms with Crippen LogP contribution in [0.1, 0.15) is 53.0 Å². The van der Waals surface area contributed by atoms with Crippen molar-refractivity contribution in [1.82, 2.24) is 0 Å². The lowest BCUT2D eigenvalue weighted by molar-refractivity contribution is -0.141. The minimum atomic E-state index is -1.79. The second-order valence-corrected chi connectivity index (χ2v) is 14.5. The van der Waals surface area contributed by atoms with Crippen LogP contribution in [0, 0.1) is 5.92 Å². The van der Waals surface area contributed by atoms with Crippen LogP contribution in [0.3, 0.4) is 0 Å². The van der Waals surface area contributed by atoms with Gasteiger partial charge in [0.15, 0.2) is 8.32 Å². The Morgan fingerprint density at radius 1 is 1.13 bits per heavy atom. The molecule has 0 spiro atoms. The normalized spacial score (nSPS) is 14.8. The fraction of sp³-hybridized carbons (Fsp3) is 0.640. The van der Waals surface area contributed by atoms with Gasteiger partial charge >= 0.3 is 5.97 Å². The lowest BCUT2D eigenvalue weighted by atomic mass is 9.97. The highest BCUT2D eigenvalue weighted by Crippen LogP contribution is 2.36. The number of benzene rings is 1. The number of hydrogen-bond donors (Lipinski definition) is 0. The van der Waals surface area contributed by atoms with Crippen molar-refractivity contribution < 1.29 is 23.4 Å². The second-order valence-electron chi connectivity index (χ2n) is 9.73. The highest BCUT2D eigenvalue weighted by molar-refractivity contribution is 6.74. The summed E-state index contributed by atoms with van der Waals surface area (Å²) in [5, 5.41) is 0.184. The maximum absolute atomic E-state index is 11.7. The fourth-order valence-electron chi connectivity index (χ4n) is 2.90. The number of rotatable bonds is 12. The Balaban J connectivity index is 2.79. The van der Waals surface area contributed by atoms with Crippen LogP contribution >= 0.6 is 0 Å². The van der Waals surface area contributed by atoms with Crippen LogP contribution in [0.2, 0.25) is 18.1 Å². The molecule has 0 heterocycles. The molecule has 6 heteroatoms. The van der Waals surface area contributed by atoms with Crippen LogP contribution in [0.5, 0.6) is 5.75 Å². The summed E-state index contributed by atoms with van der Waals surface area (Å²) in [4.78, 5) is 11.7. The van der Waals surface area contributed by atoms with E-state index in [9.17, 15) is 4.79 Å². The van der Waals surface area contributed by atoms with E-state index in [2.05, 4.69) is 53.8 Å². The molecule has 1 aromatic carbocycles. The lowest BCUT2D eigenvalue weighted by Crippen LogP contribution is -2.41. The van der Waals surface area contributed by atoms with Gasteiger partial charge in [0.25, 0.3) is 0 Å². The van der Waals surface area contributed by atoms with E-state index < -0.39 is 8.32 Å². The zero-order valence-corrected chi connectivity index (χ0v) is 21.9. The molecule has 0 bridgehead atoms. The zero-order valence-electron chi connectivity index (χ0n) is 20.9. The molecule has 0 unspecified atom stereocenters. The van der Waals surface area contributed by atoms with Crippen molar-refractivity contribution in [3.63, 3.8) is 0 Å². The minimum absolute atomic E-state index is 0.0935. The number of hydrogen-bond acceptors (Lipinski definition) is 5. The van der Waals surface area contributed by atoms with Gasteiger partial charge < -0.3 is 18.6 Å². The third-order valence-corrected chi connectivity index (χ3v) is 10.6. The van der Waals surface area contributed by atoms with Crippen molar-refractivity contribution >= 4 is 14.3 Å². The summed E-state index contributed by atoms with van der Waals surface area (Å²) in [6, 6.07) is 7.84.